The van der Waals surface area contributed by atoms with E-state index in [9.17, 15) is 4.79 Å². The van der Waals surface area contributed by atoms with Gasteiger partial charge in [0.1, 0.15) is 6.61 Å². The molecule has 0 radical (unpaired) electrons. The van der Waals surface area contributed by atoms with Crippen molar-refractivity contribution in [1.82, 2.24) is 4.90 Å². The summed E-state index contributed by atoms with van der Waals surface area (Å²) < 4.78 is 5.83. The first-order valence-corrected chi connectivity index (χ1v) is 5.76. The lowest BCUT2D eigenvalue weighted by atomic mass is 10.4. The highest BCUT2D eigenvalue weighted by atomic mass is 79.9. The summed E-state index contributed by atoms with van der Waals surface area (Å²) in [5.74, 6) is -0.00276. The van der Waals surface area contributed by atoms with Crippen LogP contribution in [0, 0.1) is 0 Å². The number of thiophene rings is 1. The number of rotatable bonds is 4. The van der Waals surface area contributed by atoms with Gasteiger partial charge in [0.25, 0.3) is 0 Å². The zero-order valence-corrected chi connectivity index (χ0v) is 10.5. The lowest BCUT2D eigenvalue weighted by Crippen LogP contribution is -2.29. The number of amides is 1. The molecule has 0 aliphatic rings. The Hall–Kier alpha value is -0.390. The molecule has 78 valence electrons. The van der Waals surface area contributed by atoms with E-state index in [0.29, 0.717) is 6.54 Å². The molecule has 1 heterocycles. The van der Waals surface area contributed by atoms with Crippen LogP contribution in [0.2, 0.25) is 0 Å². The second kappa shape index (κ2) is 5.48. The van der Waals surface area contributed by atoms with Gasteiger partial charge in [-0.05, 0) is 22.0 Å². The fraction of sp³-hybridized carbons (Fsp3) is 0.444. The van der Waals surface area contributed by atoms with Crippen molar-refractivity contribution in [3.05, 3.63) is 20.8 Å². The van der Waals surface area contributed by atoms with Crippen LogP contribution >= 0.6 is 27.3 Å². The van der Waals surface area contributed by atoms with Crippen LogP contribution in [-0.2, 0) is 16.1 Å². The molecule has 3 nitrogen and oxygen atoms in total. The van der Waals surface area contributed by atoms with E-state index in [1.807, 2.05) is 11.4 Å². The number of methoxy groups -OCH3 is 1. The second-order valence-electron chi connectivity index (χ2n) is 2.91. The molecule has 0 aliphatic heterocycles. The lowest BCUT2D eigenvalue weighted by Gasteiger charge is -2.15. The maximum Gasteiger partial charge on any atom is 0.248 e. The zero-order valence-electron chi connectivity index (χ0n) is 8.12. The first-order chi connectivity index (χ1) is 6.63. The highest BCUT2D eigenvalue weighted by Crippen LogP contribution is 2.20. The molecule has 0 aliphatic carbocycles. The number of halogens is 1. The Morgan fingerprint density at radius 2 is 2.43 bits per heavy atom. The van der Waals surface area contributed by atoms with E-state index in [1.165, 1.54) is 7.11 Å². The molecular formula is C9H12BrNO2S. The number of carbonyl (C=O) groups excluding carboxylic acids is 1. The van der Waals surface area contributed by atoms with Gasteiger partial charge in [-0.1, -0.05) is 0 Å². The molecule has 0 saturated carbocycles. The van der Waals surface area contributed by atoms with Crippen molar-refractivity contribution in [1.29, 1.82) is 0 Å². The summed E-state index contributed by atoms with van der Waals surface area (Å²) in [6.45, 7) is 0.779. The molecule has 0 bridgehead atoms. The van der Waals surface area contributed by atoms with Crippen LogP contribution in [0.1, 0.15) is 4.88 Å². The number of nitrogens with zero attached hydrogens (tertiary/aromatic N) is 1. The molecule has 1 aromatic heterocycles. The Kier molecular flexibility index (Phi) is 4.57. The average molecular weight is 278 g/mol. The first kappa shape index (κ1) is 11.7. The molecule has 14 heavy (non-hydrogen) atoms. The van der Waals surface area contributed by atoms with Gasteiger partial charge in [0.05, 0.1) is 6.54 Å². The van der Waals surface area contributed by atoms with E-state index in [2.05, 4.69) is 15.9 Å². The molecule has 1 amide bonds. The highest BCUT2D eigenvalue weighted by Gasteiger charge is 2.09. The summed E-state index contributed by atoms with van der Waals surface area (Å²) in [7, 11) is 3.29. The summed E-state index contributed by atoms with van der Waals surface area (Å²) >= 11 is 5.00. The van der Waals surface area contributed by atoms with Gasteiger partial charge in [-0.15, -0.1) is 11.3 Å². The molecule has 1 aromatic rings. The van der Waals surface area contributed by atoms with Crippen LogP contribution in [0.25, 0.3) is 0 Å². The lowest BCUT2D eigenvalue weighted by molar-refractivity contribution is -0.134. The average Bonchev–Trinajstić information content (AvgIpc) is 2.51. The number of hydrogen-bond donors (Lipinski definition) is 0. The molecule has 0 N–H and O–H groups in total. The minimum atomic E-state index is -0.00276. The summed E-state index contributed by atoms with van der Waals surface area (Å²) in [5, 5.41) is 2.00. The summed E-state index contributed by atoms with van der Waals surface area (Å²) in [6.07, 6.45) is 0. The monoisotopic (exact) mass is 277 g/mol. The van der Waals surface area contributed by atoms with Gasteiger partial charge in [-0.3, -0.25) is 4.79 Å². The molecule has 0 atom stereocenters. The molecule has 0 fully saturated rings. The predicted octanol–water partition coefficient (Wildman–Crippen LogP) is 2.12. The van der Waals surface area contributed by atoms with Crippen LogP contribution in [0.3, 0.4) is 0 Å². The normalized spacial score (nSPS) is 10.2. The molecule has 1 rings (SSSR count). The van der Waals surface area contributed by atoms with Crippen molar-refractivity contribution < 1.29 is 9.53 Å². The Labute approximate surface area is 95.8 Å². The van der Waals surface area contributed by atoms with Crippen LogP contribution in [-0.4, -0.2) is 31.6 Å². The van der Waals surface area contributed by atoms with Gasteiger partial charge in [0.15, 0.2) is 0 Å². The topological polar surface area (TPSA) is 29.5 Å². The van der Waals surface area contributed by atoms with Gasteiger partial charge < -0.3 is 9.64 Å². The summed E-state index contributed by atoms with van der Waals surface area (Å²) in [6, 6.07) is 2.02. The van der Waals surface area contributed by atoms with Crippen LogP contribution < -0.4 is 0 Å². The minimum absolute atomic E-state index is 0.00276. The summed E-state index contributed by atoms with van der Waals surface area (Å²) in [5.41, 5.74) is 0. The third-order valence-electron chi connectivity index (χ3n) is 1.71. The van der Waals surface area contributed by atoms with E-state index in [4.69, 9.17) is 4.74 Å². The molecule has 0 saturated heterocycles. The number of carbonyl (C=O) groups is 1. The Morgan fingerprint density at radius 3 is 2.93 bits per heavy atom. The van der Waals surface area contributed by atoms with Crippen molar-refractivity contribution in [2.75, 3.05) is 20.8 Å². The van der Waals surface area contributed by atoms with Crippen LogP contribution in [0.4, 0.5) is 0 Å². The zero-order chi connectivity index (χ0) is 10.6. The fourth-order valence-corrected chi connectivity index (χ4v) is 2.50. The van der Waals surface area contributed by atoms with E-state index in [-0.39, 0.29) is 12.5 Å². The van der Waals surface area contributed by atoms with Crippen LogP contribution in [0.5, 0.6) is 0 Å². The minimum Gasteiger partial charge on any atom is -0.375 e. The van der Waals surface area contributed by atoms with Gasteiger partial charge in [0, 0.05) is 28.9 Å². The predicted molar refractivity (Wildman–Crippen MR) is 60.4 cm³/mol. The van der Waals surface area contributed by atoms with Gasteiger partial charge in [-0.2, -0.15) is 0 Å². The fourth-order valence-electron chi connectivity index (χ4n) is 0.992. The van der Waals surface area contributed by atoms with Crippen molar-refractivity contribution >= 4 is 33.2 Å². The van der Waals surface area contributed by atoms with E-state index < -0.39 is 0 Å². The molecule has 0 unspecified atom stereocenters. The van der Waals surface area contributed by atoms with Gasteiger partial charge in [-0.25, -0.2) is 0 Å². The number of ether oxygens (including phenoxy) is 1. The first-order valence-electron chi connectivity index (χ1n) is 4.09. The van der Waals surface area contributed by atoms with Crippen molar-refractivity contribution in [3.8, 4) is 0 Å². The molecule has 5 heteroatoms. The largest absolute Gasteiger partial charge is 0.375 e. The third kappa shape index (κ3) is 3.40. The van der Waals surface area contributed by atoms with E-state index in [1.54, 1.807) is 23.3 Å². The maximum absolute atomic E-state index is 11.3. The SMILES string of the molecule is COCC(=O)N(C)Cc1cc(Br)cs1. The van der Waals surface area contributed by atoms with Gasteiger partial charge in [0.2, 0.25) is 5.91 Å². The summed E-state index contributed by atoms with van der Waals surface area (Å²) in [4.78, 5) is 14.2. The highest BCUT2D eigenvalue weighted by molar-refractivity contribution is 9.10. The second-order valence-corrected chi connectivity index (χ2v) is 4.83. The molecular weight excluding hydrogens is 266 g/mol. The Balaban J connectivity index is 2.48. The Morgan fingerprint density at radius 1 is 1.71 bits per heavy atom. The van der Waals surface area contributed by atoms with Gasteiger partial charge >= 0.3 is 0 Å². The van der Waals surface area contributed by atoms with E-state index >= 15 is 0 Å². The number of hydrogen-bond acceptors (Lipinski definition) is 3. The van der Waals surface area contributed by atoms with E-state index in [0.717, 1.165) is 9.35 Å². The van der Waals surface area contributed by atoms with Crippen molar-refractivity contribution in [3.63, 3.8) is 0 Å². The molecule has 0 aromatic carbocycles. The third-order valence-corrected chi connectivity index (χ3v) is 3.39. The Bertz CT molecular complexity index is 314. The standard InChI is InChI=1S/C9H12BrNO2S/c1-11(9(12)5-13-2)4-8-3-7(10)6-14-8/h3,6H,4-5H2,1-2H3. The maximum atomic E-state index is 11.3. The smallest absolute Gasteiger partial charge is 0.248 e. The van der Waals surface area contributed by atoms with Crippen molar-refractivity contribution in [2.45, 2.75) is 6.54 Å². The van der Waals surface area contributed by atoms with Crippen molar-refractivity contribution in [2.24, 2.45) is 0 Å². The number of likely N-dealkylation sites (N-methyl/N-ethyl adjacent to an activating group) is 1. The van der Waals surface area contributed by atoms with Crippen LogP contribution in [0.15, 0.2) is 15.9 Å². The quantitative estimate of drug-likeness (QED) is 0.844. The molecule has 0 spiro atoms.